The average molecular weight is 428 g/mol. The lowest BCUT2D eigenvalue weighted by atomic mass is 10.1. The fourth-order valence-electron chi connectivity index (χ4n) is 3.30. The number of rotatable bonds is 4. The van der Waals surface area contributed by atoms with Gasteiger partial charge in [0, 0.05) is 35.2 Å². The zero-order valence-corrected chi connectivity index (χ0v) is 18.3. The molecule has 0 radical (unpaired) electrons. The van der Waals surface area contributed by atoms with E-state index in [4.69, 9.17) is 10.5 Å². The van der Waals surface area contributed by atoms with Gasteiger partial charge in [0.15, 0.2) is 0 Å². The van der Waals surface area contributed by atoms with Crippen molar-refractivity contribution in [3.05, 3.63) is 53.9 Å². The quantitative estimate of drug-likeness (QED) is 0.739. The second-order valence-corrected chi connectivity index (χ2v) is 8.42. The smallest absolute Gasteiger partial charge is 0.410 e. The van der Waals surface area contributed by atoms with Crippen LogP contribution >= 0.6 is 0 Å². The average Bonchev–Trinajstić information content (AvgIpc) is 2.99. The minimum Gasteiger partial charge on any atom is -0.444 e. The first kappa shape index (κ1) is 22.3. The molecule has 1 aliphatic heterocycles. The Balaban J connectivity index is 0.00000272. The van der Waals surface area contributed by atoms with E-state index in [1.165, 1.54) is 0 Å². The predicted octanol–water partition coefficient (Wildman–Crippen LogP) is 3.87. The third-order valence-corrected chi connectivity index (χ3v) is 4.86. The van der Waals surface area contributed by atoms with E-state index in [2.05, 4.69) is 21.4 Å². The number of nitrogens with two attached hydrogens (primary N) is 1. The van der Waals surface area contributed by atoms with Gasteiger partial charge in [-0.3, -0.25) is 4.79 Å². The SMILES string of the molecule is C=Cc1cnc(N)c(C(=O)c2cccc(N3CCCN(C(=O)OC(C)(C)C)CC3)n2)c1.[HH].[HH]. The Hall–Kier alpha value is -3.42. The minimum atomic E-state index is -0.529. The molecule has 0 saturated carbocycles. The zero-order chi connectivity index (χ0) is 22.6. The number of ketones is 1. The molecule has 3 rings (SSSR count). The number of hydrogen-bond acceptors (Lipinski definition) is 7. The molecule has 2 N–H and O–H groups in total. The van der Waals surface area contributed by atoms with Gasteiger partial charge in [-0.05, 0) is 51.0 Å². The molecule has 31 heavy (non-hydrogen) atoms. The van der Waals surface area contributed by atoms with Crippen LogP contribution < -0.4 is 10.6 Å². The van der Waals surface area contributed by atoms with Crippen molar-refractivity contribution < 1.29 is 17.2 Å². The molecule has 0 aromatic carbocycles. The summed E-state index contributed by atoms with van der Waals surface area (Å²) in [5, 5.41) is 0. The summed E-state index contributed by atoms with van der Waals surface area (Å²) >= 11 is 0. The van der Waals surface area contributed by atoms with E-state index in [1.54, 1.807) is 35.4 Å². The Bertz CT molecular complexity index is 994. The molecule has 1 fully saturated rings. The number of amides is 1. The minimum absolute atomic E-state index is 0. The van der Waals surface area contributed by atoms with Crippen molar-refractivity contribution in [2.45, 2.75) is 32.8 Å². The van der Waals surface area contributed by atoms with Crippen LogP contribution in [0.15, 0.2) is 37.0 Å². The summed E-state index contributed by atoms with van der Waals surface area (Å²) < 4.78 is 5.49. The summed E-state index contributed by atoms with van der Waals surface area (Å²) in [5.41, 5.74) is 6.69. The lowest BCUT2D eigenvalue weighted by Crippen LogP contribution is -2.39. The molecule has 1 amide bonds. The van der Waals surface area contributed by atoms with Gasteiger partial charge in [0.2, 0.25) is 5.78 Å². The molecule has 2 aromatic rings. The van der Waals surface area contributed by atoms with E-state index >= 15 is 0 Å². The van der Waals surface area contributed by atoms with Gasteiger partial charge in [-0.1, -0.05) is 18.7 Å². The van der Waals surface area contributed by atoms with E-state index < -0.39 is 5.60 Å². The van der Waals surface area contributed by atoms with E-state index in [-0.39, 0.29) is 20.5 Å². The first-order valence-corrected chi connectivity index (χ1v) is 10.3. The van der Waals surface area contributed by atoms with Gasteiger partial charge in [0.1, 0.15) is 22.9 Å². The number of carbonyl (C=O) groups excluding carboxylic acids is 2. The summed E-state index contributed by atoms with van der Waals surface area (Å²) in [5.74, 6) is 0.551. The molecule has 0 atom stereocenters. The molecule has 168 valence electrons. The zero-order valence-electron chi connectivity index (χ0n) is 18.3. The van der Waals surface area contributed by atoms with Crippen LogP contribution in [0.2, 0.25) is 0 Å². The number of aromatic nitrogens is 2. The highest BCUT2D eigenvalue weighted by molar-refractivity contribution is 6.10. The lowest BCUT2D eigenvalue weighted by Gasteiger charge is -2.26. The Morgan fingerprint density at radius 3 is 2.71 bits per heavy atom. The molecule has 3 heterocycles. The molecule has 0 aliphatic carbocycles. The Morgan fingerprint density at radius 2 is 2.00 bits per heavy atom. The number of nitrogen functional groups attached to an aromatic ring is 1. The maximum Gasteiger partial charge on any atom is 0.410 e. The fraction of sp³-hybridized carbons (Fsp3) is 0.391. The van der Waals surface area contributed by atoms with Crippen LogP contribution in [0, 0.1) is 0 Å². The fourth-order valence-corrected chi connectivity index (χ4v) is 3.30. The largest absolute Gasteiger partial charge is 0.444 e. The van der Waals surface area contributed by atoms with Crippen molar-refractivity contribution >= 4 is 29.6 Å². The van der Waals surface area contributed by atoms with Gasteiger partial charge >= 0.3 is 6.09 Å². The standard InChI is InChI=1S/C23H29N5O3.2H2/c1-5-16-14-17(21(24)25-15-16)20(29)18-8-6-9-19(26-18)27-10-7-11-28(13-12-27)22(30)31-23(2,3)4;;/h5-6,8-9,14-15H,1,7,10-13H2,2-4H3,(H2,24,25);2*1H. The summed E-state index contributed by atoms with van der Waals surface area (Å²) in [4.78, 5) is 37.8. The predicted molar refractivity (Wildman–Crippen MR) is 125 cm³/mol. The van der Waals surface area contributed by atoms with Gasteiger partial charge < -0.3 is 20.3 Å². The van der Waals surface area contributed by atoms with Crippen molar-refractivity contribution in [3.63, 3.8) is 0 Å². The third-order valence-electron chi connectivity index (χ3n) is 4.86. The lowest BCUT2D eigenvalue weighted by molar-refractivity contribution is 0.0263. The second-order valence-electron chi connectivity index (χ2n) is 8.42. The van der Waals surface area contributed by atoms with Crippen LogP contribution in [0.5, 0.6) is 0 Å². The molecule has 8 heteroatoms. The van der Waals surface area contributed by atoms with Crippen molar-refractivity contribution in [1.29, 1.82) is 0 Å². The topological polar surface area (TPSA) is 102 Å². The van der Waals surface area contributed by atoms with E-state index in [0.29, 0.717) is 42.3 Å². The molecule has 0 bridgehead atoms. The molecule has 0 unspecified atom stereocenters. The highest BCUT2D eigenvalue weighted by Gasteiger charge is 2.25. The number of nitrogens with zero attached hydrogens (tertiary/aromatic N) is 4. The Labute approximate surface area is 185 Å². The maximum atomic E-state index is 13.0. The van der Waals surface area contributed by atoms with E-state index in [9.17, 15) is 9.59 Å². The summed E-state index contributed by atoms with van der Waals surface area (Å²) in [6.07, 6.45) is 3.64. The van der Waals surface area contributed by atoms with Crippen LogP contribution in [0.3, 0.4) is 0 Å². The normalized spacial score (nSPS) is 14.7. The molecule has 1 aliphatic rings. The Morgan fingerprint density at radius 1 is 1.23 bits per heavy atom. The van der Waals surface area contributed by atoms with Crippen LogP contribution in [-0.2, 0) is 4.74 Å². The van der Waals surface area contributed by atoms with Crippen LogP contribution in [0.1, 0.15) is 51.7 Å². The monoisotopic (exact) mass is 427 g/mol. The van der Waals surface area contributed by atoms with Crippen molar-refractivity contribution in [1.82, 2.24) is 14.9 Å². The molecule has 1 saturated heterocycles. The van der Waals surface area contributed by atoms with Crippen molar-refractivity contribution in [2.24, 2.45) is 0 Å². The molecule has 8 nitrogen and oxygen atoms in total. The third kappa shape index (κ3) is 5.59. The molecule has 0 spiro atoms. The van der Waals surface area contributed by atoms with Gasteiger partial charge in [0.05, 0.1) is 5.56 Å². The summed E-state index contributed by atoms with van der Waals surface area (Å²) in [7, 11) is 0. The maximum absolute atomic E-state index is 13.0. The number of anilines is 2. The van der Waals surface area contributed by atoms with E-state index in [1.807, 2.05) is 26.8 Å². The van der Waals surface area contributed by atoms with Gasteiger partial charge in [0.25, 0.3) is 0 Å². The second kappa shape index (κ2) is 9.16. The molecular formula is C23H33N5O3. The van der Waals surface area contributed by atoms with E-state index in [0.717, 1.165) is 13.0 Å². The Kier molecular flexibility index (Phi) is 6.58. The van der Waals surface area contributed by atoms with Gasteiger partial charge in [-0.2, -0.15) is 0 Å². The van der Waals surface area contributed by atoms with Gasteiger partial charge in [-0.15, -0.1) is 0 Å². The van der Waals surface area contributed by atoms with Crippen LogP contribution in [0.25, 0.3) is 6.08 Å². The number of ether oxygens (including phenoxy) is 1. The summed E-state index contributed by atoms with van der Waals surface area (Å²) in [6.45, 7) is 11.7. The van der Waals surface area contributed by atoms with Crippen LogP contribution in [-0.4, -0.2) is 58.5 Å². The van der Waals surface area contributed by atoms with Crippen molar-refractivity contribution in [3.8, 4) is 0 Å². The van der Waals surface area contributed by atoms with Crippen molar-refractivity contribution in [2.75, 3.05) is 36.8 Å². The molecular weight excluding hydrogens is 394 g/mol. The van der Waals surface area contributed by atoms with Crippen LogP contribution in [0.4, 0.5) is 16.4 Å². The highest BCUT2D eigenvalue weighted by Crippen LogP contribution is 2.20. The number of pyridine rings is 2. The number of carbonyl (C=O) groups is 2. The highest BCUT2D eigenvalue weighted by atomic mass is 16.6. The first-order valence-electron chi connectivity index (χ1n) is 10.3. The van der Waals surface area contributed by atoms with Gasteiger partial charge in [-0.25, -0.2) is 14.8 Å². The number of hydrogen-bond donors (Lipinski definition) is 1. The first-order chi connectivity index (χ1) is 14.7. The summed E-state index contributed by atoms with van der Waals surface area (Å²) in [6, 6.07) is 6.99. The molecule has 2 aromatic heterocycles.